The highest BCUT2D eigenvalue weighted by atomic mass is 32.1. The molecule has 0 atom stereocenters. The van der Waals surface area contributed by atoms with Crippen LogP contribution in [-0.2, 0) is 6.42 Å². The maximum Gasteiger partial charge on any atom is 0.164 e. The summed E-state index contributed by atoms with van der Waals surface area (Å²) < 4.78 is 11.7. The second-order valence-corrected chi connectivity index (χ2v) is 20.5. The summed E-state index contributed by atoms with van der Waals surface area (Å²) in [7, 11) is 0. The molecule has 1 aliphatic carbocycles. The molecule has 1 aliphatic rings. The van der Waals surface area contributed by atoms with E-state index in [1.54, 1.807) is 11.3 Å². The smallest absolute Gasteiger partial charge is 0.164 e. The Morgan fingerprint density at radius 2 is 1.03 bits per heavy atom. The van der Waals surface area contributed by atoms with Gasteiger partial charge in [0.15, 0.2) is 17.5 Å². The minimum absolute atomic E-state index is 0.588. The molecule has 0 bridgehead atoms. The molecule has 15 aromatic rings. The highest BCUT2D eigenvalue weighted by molar-refractivity contribution is 7.25. The quantitative estimate of drug-likeness (QED) is 0.172. The Labute approximate surface area is 428 Å². The molecule has 74 heavy (non-hydrogen) atoms. The molecule has 4 aromatic heterocycles. The standard InChI is InChI=1S/C68H40N4OS/c1-2-19-45(20-3-1)72-57-28-12-10-24-50(57)62-53(26-14-29-58(62)72)67-69-66(70-68(71-67)54-27-15-31-61-64(54)51-25-11-13-30-60(51)74-61)49-34-35-59-63(52-33-32-40-16-6-7-22-47(40)65(52)73-59)56(49)39-44-37-43-36-41-17-4-5-18-42(41)38-55(43)48-23-9-8-21-46(44)48/h1-36,38-39H,37H2/b44-39-. The average molecular weight is 961 g/mol. The zero-order valence-corrected chi connectivity index (χ0v) is 40.6. The number of allylic oxidation sites excluding steroid dienone is 1. The van der Waals surface area contributed by atoms with Crippen LogP contribution in [0.25, 0.3) is 148 Å². The minimum Gasteiger partial charge on any atom is -0.455 e. The van der Waals surface area contributed by atoms with E-state index in [0.717, 1.165) is 94.3 Å². The first-order valence-corrected chi connectivity index (χ1v) is 25.9. The summed E-state index contributed by atoms with van der Waals surface area (Å²) in [5.74, 6) is 1.81. The molecule has 4 heterocycles. The van der Waals surface area contributed by atoms with Crippen molar-refractivity contribution < 1.29 is 4.42 Å². The summed E-state index contributed by atoms with van der Waals surface area (Å²) in [5, 5.41) is 11.3. The Kier molecular flexibility index (Phi) is 8.90. The largest absolute Gasteiger partial charge is 0.455 e. The number of benzene rings is 11. The number of nitrogens with zero attached hydrogens (tertiary/aromatic N) is 4. The SMILES string of the molecule is C(=C1\Cc2cc3ccccc3cc2-c2ccccc21)/c1c(-c2nc(-c3cccc4sc5ccccc5c34)nc(-c3cccc4c3c3ccccc3n4-c3ccccc3)n2)ccc2oc3c4ccccc4ccc3c12. The van der Waals surface area contributed by atoms with E-state index in [4.69, 9.17) is 19.4 Å². The Morgan fingerprint density at radius 1 is 0.405 bits per heavy atom. The summed E-state index contributed by atoms with van der Waals surface area (Å²) in [5.41, 5.74) is 15.0. The predicted molar refractivity (Wildman–Crippen MR) is 309 cm³/mol. The van der Waals surface area contributed by atoms with E-state index in [1.807, 2.05) is 0 Å². The molecule has 0 saturated carbocycles. The molecule has 344 valence electrons. The molecule has 0 N–H and O–H groups in total. The number of furan rings is 1. The number of rotatable bonds is 5. The monoisotopic (exact) mass is 960 g/mol. The van der Waals surface area contributed by atoms with Crippen molar-refractivity contribution in [2.75, 3.05) is 0 Å². The van der Waals surface area contributed by atoms with Gasteiger partial charge < -0.3 is 8.98 Å². The molecule has 0 amide bonds. The fraction of sp³-hybridized carbons (Fsp3) is 0.0147. The molecule has 0 fully saturated rings. The van der Waals surface area contributed by atoms with Crippen LogP contribution < -0.4 is 0 Å². The fourth-order valence-electron chi connectivity index (χ4n) is 12.0. The third-order valence-corrected chi connectivity index (χ3v) is 16.4. The molecular weight excluding hydrogens is 921 g/mol. The van der Waals surface area contributed by atoms with Gasteiger partial charge in [0.05, 0.1) is 11.0 Å². The van der Waals surface area contributed by atoms with Gasteiger partial charge in [0.25, 0.3) is 0 Å². The van der Waals surface area contributed by atoms with Gasteiger partial charge >= 0.3 is 0 Å². The van der Waals surface area contributed by atoms with Gasteiger partial charge in [-0.2, -0.15) is 0 Å². The molecule has 16 rings (SSSR count). The van der Waals surface area contributed by atoms with Crippen molar-refractivity contribution in [3.8, 4) is 51.0 Å². The van der Waals surface area contributed by atoms with Gasteiger partial charge in [-0.15, -0.1) is 11.3 Å². The Balaban J connectivity index is 1.01. The van der Waals surface area contributed by atoms with Crippen LogP contribution in [0.5, 0.6) is 0 Å². The van der Waals surface area contributed by atoms with Crippen molar-refractivity contribution in [2.45, 2.75) is 6.42 Å². The number of fused-ring (bicyclic) bond motifs is 15. The molecular formula is C68H40N4OS. The number of para-hydroxylation sites is 2. The van der Waals surface area contributed by atoms with Gasteiger partial charge in [-0.05, 0) is 123 Å². The van der Waals surface area contributed by atoms with Gasteiger partial charge in [0, 0.05) is 69.5 Å². The third-order valence-electron chi connectivity index (χ3n) is 15.3. The van der Waals surface area contributed by atoms with Crippen LogP contribution in [0.15, 0.2) is 229 Å². The molecule has 0 aliphatic heterocycles. The third kappa shape index (κ3) is 6.19. The molecule has 0 unspecified atom stereocenters. The Morgan fingerprint density at radius 3 is 1.86 bits per heavy atom. The van der Waals surface area contributed by atoms with Crippen molar-refractivity contribution in [1.29, 1.82) is 0 Å². The number of thiophene rings is 1. The zero-order chi connectivity index (χ0) is 48.4. The van der Waals surface area contributed by atoms with Crippen molar-refractivity contribution in [3.63, 3.8) is 0 Å². The lowest BCUT2D eigenvalue weighted by Gasteiger charge is -2.24. The van der Waals surface area contributed by atoms with E-state index >= 15 is 0 Å². The van der Waals surface area contributed by atoms with E-state index in [0.29, 0.717) is 17.5 Å². The average Bonchev–Trinajstić information content (AvgIpc) is 4.15. The van der Waals surface area contributed by atoms with Crippen molar-refractivity contribution in [2.24, 2.45) is 0 Å². The van der Waals surface area contributed by atoms with E-state index in [2.05, 4.69) is 235 Å². The van der Waals surface area contributed by atoms with Crippen LogP contribution in [0.4, 0.5) is 0 Å². The van der Waals surface area contributed by atoms with Crippen LogP contribution in [-0.4, -0.2) is 19.5 Å². The summed E-state index contributed by atoms with van der Waals surface area (Å²) in [4.78, 5) is 16.9. The molecule has 0 saturated heterocycles. The van der Waals surface area contributed by atoms with Crippen LogP contribution in [0.3, 0.4) is 0 Å². The first-order chi connectivity index (χ1) is 36.7. The fourth-order valence-corrected chi connectivity index (χ4v) is 13.1. The number of hydrogen-bond donors (Lipinski definition) is 0. The summed E-state index contributed by atoms with van der Waals surface area (Å²) >= 11 is 1.80. The first-order valence-electron chi connectivity index (χ1n) is 25.1. The van der Waals surface area contributed by atoms with Gasteiger partial charge in [0.2, 0.25) is 0 Å². The lowest BCUT2D eigenvalue weighted by atomic mass is 9.80. The predicted octanol–water partition coefficient (Wildman–Crippen LogP) is 18.3. The maximum atomic E-state index is 6.97. The van der Waals surface area contributed by atoms with Crippen molar-refractivity contribution >= 4 is 108 Å². The van der Waals surface area contributed by atoms with Crippen molar-refractivity contribution in [1.82, 2.24) is 19.5 Å². The van der Waals surface area contributed by atoms with E-state index in [9.17, 15) is 0 Å². The highest BCUT2D eigenvalue weighted by Crippen LogP contribution is 2.47. The number of hydrogen-bond acceptors (Lipinski definition) is 5. The topological polar surface area (TPSA) is 56.7 Å². The van der Waals surface area contributed by atoms with Crippen LogP contribution >= 0.6 is 11.3 Å². The molecule has 0 radical (unpaired) electrons. The van der Waals surface area contributed by atoms with E-state index in [-0.39, 0.29) is 0 Å². The highest BCUT2D eigenvalue weighted by Gasteiger charge is 2.26. The van der Waals surface area contributed by atoms with Gasteiger partial charge in [-0.25, -0.2) is 15.0 Å². The summed E-state index contributed by atoms with van der Waals surface area (Å²) in [6, 6.07) is 80.5. The molecule has 11 aromatic carbocycles. The lowest BCUT2D eigenvalue weighted by Crippen LogP contribution is -2.04. The van der Waals surface area contributed by atoms with Crippen LogP contribution in [0.2, 0.25) is 0 Å². The van der Waals surface area contributed by atoms with Gasteiger partial charge in [-0.3, -0.25) is 0 Å². The number of aromatic nitrogens is 4. The zero-order valence-electron chi connectivity index (χ0n) is 39.8. The Hall–Kier alpha value is -9.49. The van der Waals surface area contributed by atoms with E-state index < -0.39 is 0 Å². The molecule has 0 spiro atoms. The normalized spacial score (nSPS) is 13.1. The second kappa shape index (κ2) is 16.0. The van der Waals surface area contributed by atoms with Gasteiger partial charge in [-0.1, -0.05) is 164 Å². The summed E-state index contributed by atoms with van der Waals surface area (Å²) in [6.45, 7) is 0. The second-order valence-electron chi connectivity index (χ2n) is 19.4. The summed E-state index contributed by atoms with van der Waals surface area (Å²) in [6.07, 6.45) is 3.16. The van der Waals surface area contributed by atoms with Crippen molar-refractivity contribution in [3.05, 3.63) is 241 Å². The van der Waals surface area contributed by atoms with Crippen LogP contribution in [0, 0.1) is 0 Å². The van der Waals surface area contributed by atoms with Crippen LogP contribution in [0.1, 0.15) is 16.7 Å². The molecule has 5 nitrogen and oxygen atoms in total. The first kappa shape index (κ1) is 41.2. The maximum absolute atomic E-state index is 6.97. The Bertz CT molecular complexity index is 4880. The lowest BCUT2D eigenvalue weighted by molar-refractivity contribution is 0.672. The van der Waals surface area contributed by atoms with Gasteiger partial charge in [0.1, 0.15) is 11.2 Å². The minimum atomic E-state index is 0.588. The van der Waals surface area contributed by atoms with E-state index in [1.165, 1.54) is 53.4 Å². The molecule has 6 heteroatoms.